The molecule has 2 aromatic heterocycles. The number of nitrogens with one attached hydrogen (secondary N) is 1. The number of piperidine rings is 1. The fourth-order valence-corrected chi connectivity index (χ4v) is 3.90. The second-order valence-corrected chi connectivity index (χ2v) is 8.35. The lowest BCUT2D eigenvalue weighted by Gasteiger charge is -2.29. The maximum atomic E-state index is 12.9. The van der Waals surface area contributed by atoms with Gasteiger partial charge in [0.2, 0.25) is 5.95 Å². The number of aryl methyl sites for hydroxylation is 1. The van der Waals surface area contributed by atoms with Gasteiger partial charge in [-0.25, -0.2) is 9.97 Å². The molecule has 0 saturated carbocycles. The molecule has 5 rings (SSSR count). The van der Waals surface area contributed by atoms with Crippen molar-refractivity contribution in [3.05, 3.63) is 60.4 Å². The molecule has 0 spiro atoms. The van der Waals surface area contributed by atoms with E-state index in [1.54, 1.807) is 23.0 Å². The largest absolute Gasteiger partial charge is 0.490 e. The Bertz CT molecular complexity index is 1290. The van der Waals surface area contributed by atoms with Crippen molar-refractivity contribution in [1.29, 1.82) is 0 Å². The Labute approximate surface area is 191 Å². The van der Waals surface area contributed by atoms with E-state index in [4.69, 9.17) is 4.74 Å². The summed E-state index contributed by atoms with van der Waals surface area (Å²) in [6, 6.07) is 13.0. The average Bonchev–Trinajstić information content (AvgIpc) is 3.26. The number of amides is 1. The van der Waals surface area contributed by atoms with Crippen LogP contribution in [0.5, 0.6) is 5.75 Å². The summed E-state index contributed by atoms with van der Waals surface area (Å²) in [7, 11) is 3.94. The maximum Gasteiger partial charge on any atom is 0.258 e. The van der Waals surface area contributed by atoms with Gasteiger partial charge in [-0.2, -0.15) is 0 Å². The molecule has 0 aliphatic carbocycles. The highest BCUT2D eigenvalue weighted by Crippen LogP contribution is 2.23. The predicted octanol–water partition coefficient (Wildman–Crippen LogP) is 3.15. The zero-order valence-electron chi connectivity index (χ0n) is 18.6. The van der Waals surface area contributed by atoms with E-state index in [1.807, 2.05) is 43.6 Å². The molecule has 3 heterocycles. The molecule has 9 nitrogen and oxygen atoms in total. The Kier molecular flexibility index (Phi) is 5.70. The van der Waals surface area contributed by atoms with Crippen LogP contribution in [0.25, 0.3) is 22.2 Å². The first-order chi connectivity index (χ1) is 16.0. The quantitative estimate of drug-likeness (QED) is 0.506. The van der Waals surface area contributed by atoms with Crippen LogP contribution in [0, 0.1) is 0 Å². The summed E-state index contributed by atoms with van der Waals surface area (Å²) < 4.78 is 7.76. The normalized spacial score (nSPS) is 15.0. The topological polar surface area (TPSA) is 98.1 Å². The van der Waals surface area contributed by atoms with Gasteiger partial charge in [0.15, 0.2) is 0 Å². The number of rotatable bonds is 5. The number of nitrogens with zero attached hydrogens (tertiary/aromatic N) is 6. The first kappa shape index (κ1) is 21.0. The number of fused-ring (bicyclic) bond motifs is 1. The number of carbonyl (C=O) groups excluding carboxylic acids is 1. The van der Waals surface area contributed by atoms with Crippen LogP contribution in [0.1, 0.15) is 23.2 Å². The van der Waals surface area contributed by atoms with E-state index in [1.165, 1.54) is 0 Å². The third-order valence-electron chi connectivity index (χ3n) is 5.77. The summed E-state index contributed by atoms with van der Waals surface area (Å²) in [4.78, 5) is 24.0. The SMILES string of the molecule is CN1CCC(Oc2cccc(C(=O)Nc3ncc4ccc(-c5cn(C)nn5)cc4n3)c2)CC1. The van der Waals surface area contributed by atoms with Crippen molar-refractivity contribution in [2.45, 2.75) is 18.9 Å². The van der Waals surface area contributed by atoms with Crippen molar-refractivity contribution in [2.75, 3.05) is 25.5 Å². The van der Waals surface area contributed by atoms with Crippen molar-refractivity contribution in [3.8, 4) is 17.0 Å². The second kappa shape index (κ2) is 8.95. The van der Waals surface area contributed by atoms with Gasteiger partial charge in [-0.1, -0.05) is 23.4 Å². The van der Waals surface area contributed by atoms with Gasteiger partial charge in [0.1, 0.15) is 17.5 Å². The van der Waals surface area contributed by atoms with Gasteiger partial charge in [0.25, 0.3) is 5.91 Å². The Balaban J connectivity index is 1.31. The van der Waals surface area contributed by atoms with Crippen LogP contribution in [0.15, 0.2) is 54.9 Å². The summed E-state index contributed by atoms with van der Waals surface area (Å²) in [5.41, 5.74) is 2.86. The van der Waals surface area contributed by atoms with Crippen LogP contribution < -0.4 is 10.1 Å². The van der Waals surface area contributed by atoms with Crippen LogP contribution in [-0.4, -0.2) is 62.0 Å². The van der Waals surface area contributed by atoms with Crippen molar-refractivity contribution in [3.63, 3.8) is 0 Å². The number of likely N-dealkylation sites (tertiary alicyclic amines) is 1. The number of benzene rings is 2. The standard InChI is InChI=1S/C24H25N7O2/c1-30-10-8-19(9-11-30)33-20-5-3-4-17(12-20)23(32)27-24-25-14-18-7-6-16(13-21(18)26-24)22-15-31(2)29-28-22/h3-7,12-15,19H,8-11H2,1-2H3,(H,25,26,27,32). The summed E-state index contributed by atoms with van der Waals surface area (Å²) in [5.74, 6) is 0.656. The van der Waals surface area contributed by atoms with Gasteiger partial charge in [-0.05, 0) is 44.2 Å². The predicted molar refractivity (Wildman–Crippen MR) is 125 cm³/mol. The van der Waals surface area contributed by atoms with Crippen molar-refractivity contribution < 1.29 is 9.53 Å². The van der Waals surface area contributed by atoms with Crippen LogP contribution in [0.2, 0.25) is 0 Å². The zero-order chi connectivity index (χ0) is 22.8. The molecule has 0 radical (unpaired) electrons. The third-order valence-corrected chi connectivity index (χ3v) is 5.77. The molecule has 2 aromatic carbocycles. The molecule has 9 heteroatoms. The third kappa shape index (κ3) is 4.83. The lowest BCUT2D eigenvalue weighted by molar-refractivity contribution is 0.102. The van der Waals surface area contributed by atoms with E-state index in [0.717, 1.165) is 42.6 Å². The van der Waals surface area contributed by atoms with E-state index >= 15 is 0 Å². The van der Waals surface area contributed by atoms with Gasteiger partial charge in [0.05, 0.1) is 11.7 Å². The maximum absolute atomic E-state index is 12.9. The van der Waals surface area contributed by atoms with E-state index in [0.29, 0.717) is 16.8 Å². The fraction of sp³-hybridized carbons (Fsp3) is 0.292. The number of hydrogen-bond acceptors (Lipinski definition) is 7. The van der Waals surface area contributed by atoms with Gasteiger partial charge in [-0.15, -0.1) is 5.10 Å². The van der Waals surface area contributed by atoms with Crippen molar-refractivity contribution in [1.82, 2.24) is 29.9 Å². The Morgan fingerprint density at radius 2 is 1.97 bits per heavy atom. The molecule has 1 saturated heterocycles. The molecule has 1 aliphatic heterocycles. The van der Waals surface area contributed by atoms with Crippen molar-refractivity contribution >= 4 is 22.8 Å². The van der Waals surface area contributed by atoms with Gasteiger partial charge in [-0.3, -0.25) is 14.8 Å². The molecule has 4 aromatic rings. The number of aromatic nitrogens is 5. The van der Waals surface area contributed by atoms with E-state index in [-0.39, 0.29) is 18.0 Å². The molecule has 1 N–H and O–H groups in total. The highest BCUT2D eigenvalue weighted by molar-refractivity contribution is 6.03. The number of anilines is 1. The zero-order valence-corrected chi connectivity index (χ0v) is 18.6. The first-order valence-electron chi connectivity index (χ1n) is 10.9. The smallest absolute Gasteiger partial charge is 0.258 e. The molecule has 0 bridgehead atoms. The summed E-state index contributed by atoms with van der Waals surface area (Å²) in [5, 5.41) is 11.8. The van der Waals surface area contributed by atoms with E-state index < -0.39 is 0 Å². The number of ether oxygens (including phenoxy) is 1. The highest BCUT2D eigenvalue weighted by atomic mass is 16.5. The van der Waals surface area contributed by atoms with Gasteiger partial charge in [0, 0.05) is 42.8 Å². The second-order valence-electron chi connectivity index (χ2n) is 8.35. The molecule has 0 atom stereocenters. The Morgan fingerprint density at radius 3 is 2.76 bits per heavy atom. The molecule has 0 unspecified atom stereocenters. The molecule has 33 heavy (non-hydrogen) atoms. The lowest BCUT2D eigenvalue weighted by Crippen LogP contribution is -2.35. The molecule has 1 amide bonds. The first-order valence-corrected chi connectivity index (χ1v) is 10.9. The van der Waals surface area contributed by atoms with Crippen LogP contribution >= 0.6 is 0 Å². The average molecular weight is 444 g/mol. The fourth-order valence-electron chi connectivity index (χ4n) is 3.90. The van der Waals surface area contributed by atoms with Crippen molar-refractivity contribution in [2.24, 2.45) is 7.05 Å². The van der Waals surface area contributed by atoms with Crippen LogP contribution in [-0.2, 0) is 7.05 Å². The Hall–Kier alpha value is -3.85. The molecule has 1 aliphatic rings. The molecule has 1 fully saturated rings. The minimum atomic E-state index is -0.284. The van der Waals surface area contributed by atoms with Gasteiger partial charge >= 0.3 is 0 Å². The lowest BCUT2D eigenvalue weighted by atomic mass is 10.1. The summed E-state index contributed by atoms with van der Waals surface area (Å²) in [6.07, 6.45) is 5.67. The molecule has 168 valence electrons. The minimum Gasteiger partial charge on any atom is -0.490 e. The monoisotopic (exact) mass is 443 g/mol. The Morgan fingerprint density at radius 1 is 1.12 bits per heavy atom. The summed E-state index contributed by atoms with van der Waals surface area (Å²) >= 11 is 0. The minimum absolute atomic E-state index is 0.173. The molecular formula is C24H25N7O2. The molecular weight excluding hydrogens is 418 g/mol. The number of hydrogen-bond donors (Lipinski definition) is 1. The summed E-state index contributed by atoms with van der Waals surface area (Å²) in [6.45, 7) is 2.03. The van der Waals surface area contributed by atoms with Gasteiger partial charge < -0.3 is 9.64 Å². The van der Waals surface area contributed by atoms with E-state index in [9.17, 15) is 4.79 Å². The van der Waals surface area contributed by atoms with Crippen LogP contribution in [0.4, 0.5) is 5.95 Å². The van der Waals surface area contributed by atoms with Crippen LogP contribution in [0.3, 0.4) is 0 Å². The highest BCUT2D eigenvalue weighted by Gasteiger charge is 2.18. The number of carbonyl (C=O) groups is 1. The van der Waals surface area contributed by atoms with E-state index in [2.05, 4.69) is 37.5 Å².